The molecule has 1 saturated carbocycles. The van der Waals surface area contributed by atoms with Gasteiger partial charge in [0, 0.05) is 30.1 Å². The molecule has 2 aromatic carbocycles. The smallest absolute Gasteiger partial charge is 0.181 e. The summed E-state index contributed by atoms with van der Waals surface area (Å²) in [6.07, 6.45) is 3.23. The van der Waals surface area contributed by atoms with Gasteiger partial charge in [-0.3, -0.25) is 4.90 Å². The van der Waals surface area contributed by atoms with Gasteiger partial charge in [-0.25, -0.2) is 13.4 Å². The van der Waals surface area contributed by atoms with Crippen molar-refractivity contribution in [2.45, 2.75) is 29.9 Å². The maximum atomic E-state index is 12.8. The Labute approximate surface area is 199 Å². The zero-order chi connectivity index (χ0) is 23.7. The largest absolute Gasteiger partial charge is 0.490 e. The monoisotopic (exact) mass is 479 g/mol. The van der Waals surface area contributed by atoms with E-state index in [-0.39, 0.29) is 11.9 Å². The number of H-pyrrole nitrogens is 1. The maximum Gasteiger partial charge on any atom is 0.181 e. The number of nitrogens with zero attached hydrogens (tertiary/aromatic N) is 2. The van der Waals surface area contributed by atoms with Gasteiger partial charge in [0.15, 0.2) is 9.84 Å². The van der Waals surface area contributed by atoms with Crippen LogP contribution >= 0.6 is 0 Å². The Kier molecular flexibility index (Phi) is 6.29. The van der Waals surface area contributed by atoms with Crippen LogP contribution < -0.4 is 4.74 Å². The molecule has 0 atom stereocenters. The Balaban J connectivity index is 1.56. The highest BCUT2D eigenvalue weighted by atomic mass is 32.2. The molecule has 2 heterocycles. The van der Waals surface area contributed by atoms with E-state index in [4.69, 9.17) is 4.74 Å². The molecule has 1 aliphatic rings. The maximum absolute atomic E-state index is 12.8. The van der Waals surface area contributed by atoms with E-state index in [9.17, 15) is 13.5 Å². The zero-order valence-corrected chi connectivity index (χ0v) is 20.0. The summed E-state index contributed by atoms with van der Waals surface area (Å²) in [5.41, 5.74) is 3.38. The molecule has 0 unspecified atom stereocenters. The van der Waals surface area contributed by atoms with Crippen LogP contribution in [0.4, 0.5) is 0 Å². The highest BCUT2D eigenvalue weighted by Gasteiger charge is 2.37. The van der Waals surface area contributed by atoms with E-state index in [0.29, 0.717) is 24.6 Å². The van der Waals surface area contributed by atoms with E-state index in [0.717, 1.165) is 58.2 Å². The van der Waals surface area contributed by atoms with Gasteiger partial charge in [0.1, 0.15) is 18.0 Å². The van der Waals surface area contributed by atoms with Crippen molar-refractivity contribution in [1.82, 2.24) is 14.9 Å². The quantitative estimate of drug-likeness (QED) is 0.357. The van der Waals surface area contributed by atoms with Crippen molar-refractivity contribution >= 4 is 31.8 Å². The lowest BCUT2D eigenvalue weighted by molar-refractivity contribution is 0.174. The summed E-state index contributed by atoms with van der Waals surface area (Å²) >= 11 is 0. The fourth-order valence-corrected chi connectivity index (χ4v) is 6.14. The summed E-state index contributed by atoms with van der Waals surface area (Å²) < 4.78 is 31.9. The van der Waals surface area contributed by atoms with E-state index in [2.05, 4.69) is 21.8 Å². The van der Waals surface area contributed by atoms with Crippen LogP contribution in [0.5, 0.6) is 5.75 Å². The molecule has 178 valence electrons. The lowest BCUT2D eigenvalue weighted by Gasteiger charge is -2.19. The van der Waals surface area contributed by atoms with E-state index < -0.39 is 9.84 Å². The van der Waals surface area contributed by atoms with Crippen LogP contribution in [0.25, 0.3) is 33.1 Å². The molecule has 2 aromatic heterocycles. The summed E-state index contributed by atoms with van der Waals surface area (Å²) in [5, 5.41) is 10.9. The van der Waals surface area contributed by atoms with Crippen molar-refractivity contribution < 1.29 is 18.3 Å². The second-order valence-corrected chi connectivity index (χ2v) is 10.9. The van der Waals surface area contributed by atoms with Crippen molar-refractivity contribution in [3.05, 3.63) is 54.7 Å². The lowest BCUT2D eigenvalue weighted by Crippen LogP contribution is -2.30. The number of sulfone groups is 1. The van der Waals surface area contributed by atoms with Gasteiger partial charge < -0.3 is 14.8 Å². The lowest BCUT2D eigenvalue weighted by atomic mass is 9.99. The van der Waals surface area contributed by atoms with E-state index >= 15 is 0 Å². The molecule has 0 aliphatic heterocycles. The van der Waals surface area contributed by atoms with Crippen LogP contribution in [0.2, 0.25) is 0 Å². The first-order valence-electron chi connectivity index (χ1n) is 11.7. The predicted molar refractivity (Wildman–Crippen MR) is 134 cm³/mol. The third-order valence-electron chi connectivity index (χ3n) is 6.45. The number of aliphatic hydroxyl groups is 1. The minimum atomic E-state index is -3.28. The molecule has 1 aliphatic carbocycles. The minimum absolute atomic E-state index is 0.121. The van der Waals surface area contributed by atoms with E-state index in [1.807, 2.05) is 36.4 Å². The molecule has 8 heteroatoms. The van der Waals surface area contributed by atoms with Crippen molar-refractivity contribution in [2.75, 3.05) is 32.8 Å². The molecule has 0 saturated heterocycles. The summed E-state index contributed by atoms with van der Waals surface area (Å²) in [6, 6.07) is 15.1. The first-order valence-corrected chi connectivity index (χ1v) is 13.3. The van der Waals surface area contributed by atoms with Crippen molar-refractivity contribution in [3.63, 3.8) is 0 Å². The second-order valence-electron chi connectivity index (χ2n) is 8.66. The second kappa shape index (κ2) is 9.37. The Morgan fingerprint density at radius 1 is 1.15 bits per heavy atom. The topological polar surface area (TPSA) is 95.5 Å². The number of aromatic nitrogens is 2. The molecule has 34 heavy (non-hydrogen) atoms. The van der Waals surface area contributed by atoms with Gasteiger partial charge in [-0.05, 0) is 66.9 Å². The summed E-state index contributed by atoms with van der Waals surface area (Å²) in [6.45, 7) is 4.83. The Morgan fingerprint density at radius 2 is 2.00 bits per heavy atom. The summed E-state index contributed by atoms with van der Waals surface area (Å²) in [7, 11) is -3.28. The predicted octanol–water partition coefficient (Wildman–Crippen LogP) is 4.01. The van der Waals surface area contributed by atoms with Crippen LogP contribution in [0.1, 0.15) is 19.8 Å². The van der Waals surface area contributed by atoms with Crippen molar-refractivity contribution in [3.8, 4) is 16.9 Å². The van der Waals surface area contributed by atoms with Gasteiger partial charge in [-0.1, -0.05) is 19.1 Å². The summed E-state index contributed by atoms with van der Waals surface area (Å²) in [4.78, 5) is 10.4. The van der Waals surface area contributed by atoms with Crippen LogP contribution in [0.3, 0.4) is 0 Å². The molecule has 7 nitrogen and oxygen atoms in total. The molecule has 2 N–H and O–H groups in total. The number of ether oxygens (including phenoxy) is 1. The standard InChI is InChI=1S/C26H29N3O4S/c1-2-29(13-15-30)14-16-33-23-11-10-21(24-22-7-4-12-27-26(22)28-25(23)24)18-5-3-6-20(17-18)34(31,32)19-8-9-19/h3-7,10-12,17,19,30H,2,8-9,13-16H2,1H3,(H,27,28). The minimum Gasteiger partial charge on any atom is -0.490 e. The average Bonchev–Trinajstić information content (AvgIpc) is 3.65. The molecule has 0 radical (unpaired) electrons. The fourth-order valence-electron chi connectivity index (χ4n) is 4.44. The van der Waals surface area contributed by atoms with Crippen LogP contribution in [0, 0.1) is 0 Å². The number of aliphatic hydroxyl groups excluding tert-OH is 1. The number of rotatable bonds is 10. The van der Waals surface area contributed by atoms with Gasteiger partial charge in [0.25, 0.3) is 0 Å². The Morgan fingerprint density at radius 3 is 2.76 bits per heavy atom. The number of fused-ring (bicyclic) bond motifs is 3. The molecule has 0 bridgehead atoms. The molecular formula is C26H29N3O4S. The SMILES string of the molecule is CCN(CCO)CCOc1ccc(-c2cccc(S(=O)(=O)C3CC3)c2)c2c1[nH]c1ncccc12. The summed E-state index contributed by atoms with van der Waals surface area (Å²) in [5.74, 6) is 0.721. The normalized spacial score (nSPS) is 14.3. The van der Waals surface area contributed by atoms with Gasteiger partial charge in [0.2, 0.25) is 0 Å². The fraction of sp³-hybridized carbons (Fsp3) is 0.346. The third-order valence-corrected chi connectivity index (χ3v) is 8.71. The average molecular weight is 480 g/mol. The Hall–Kier alpha value is -2.94. The number of benzene rings is 2. The molecule has 0 amide bonds. The number of hydrogen-bond acceptors (Lipinski definition) is 6. The van der Waals surface area contributed by atoms with Gasteiger partial charge >= 0.3 is 0 Å². The van der Waals surface area contributed by atoms with Gasteiger partial charge in [-0.15, -0.1) is 0 Å². The molecule has 1 fully saturated rings. The first kappa shape index (κ1) is 22.8. The van der Waals surface area contributed by atoms with Crippen LogP contribution in [-0.4, -0.2) is 66.5 Å². The Bertz CT molecular complexity index is 1430. The third kappa shape index (κ3) is 4.29. The van der Waals surface area contributed by atoms with Crippen molar-refractivity contribution in [1.29, 1.82) is 0 Å². The molecular weight excluding hydrogens is 450 g/mol. The van der Waals surface area contributed by atoms with Crippen molar-refractivity contribution in [2.24, 2.45) is 0 Å². The number of likely N-dealkylation sites (N-methyl/N-ethyl adjacent to an activating group) is 1. The van der Waals surface area contributed by atoms with E-state index in [1.165, 1.54) is 0 Å². The number of pyridine rings is 1. The number of hydrogen-bond donors (Lipinski definition) is 2. The highest BCUT2D eigenvalue weighted by molar-refractivity contribution is 7.92. The number of nitrogens with one attached hydrogen (secondary N) is 1. The van der Waals surface area contributed by atoms with Gasteiger partial charge in [-0.2, -0.15) is 0 Å². The number of aromatic amines is 1. The van der Waals surface area contributed by atoms with Crippen LogP contribution in [0.15, 0.2) is 59.6 Å². The molecule has 0 spiro atoms. The first-order chi connectivity index (χ1) is 16.5. The van der Waals surface area contributed by atoms with Gasteiger partial charge in [0.05, 0.1) is 22.3 Å². The van der Waals surface area contributed by atoms with Crippen LogP contribution in [-0.2, 0) is 9.84 Å². The zero-order valence-electron chi connectivity index (χ0n) is 19.2. The molecule has 5 rings (SSSR count). The molecule has 4 aromatic rings. The van der Waals surface area contributed by atoms with E-state index in [1.54, 1.807) is 18.3 Å². The highest BCUT2D eigenvalue weighted by Crippen LogP contribution is 2.40.